The van der Waals surface area contributed by atoms with E-state index in [0.717, 1.165) is 11.4 Å². The molecule has 1 atom stereocenters. The van der Waals surface area contributed by atoms with E-state index >= 15 is 0 Å². The fourth-order valence-electron chi connectivity index (χ4n) is 2.04. The van der Waals surface area contributed by atoms with E-state index < -0.39 is 0 Å². The van der Waals surface area contributed by atoms with Crippen LogP contribution in [0.2, 0.25) is 0 Å². The molecule has 1 amide bonds. The fourth-order valence-corrected chi connectivity index (χ4v) is 3.87. The maximum atomic E-state index is 10.9. The molecule has 1 heterocycles. The van der Waals surface area contributed by atoms with Crippen molar-refractivity contribution < 1.29 is 4.79 Å². The van der Waals surface area contributed by atoms with Crippen LogP contribution in [0.3, 0.4) is 0 Å². The van der Waals surface area contributed by atoms with Crippen LogP contribution in [-0.4, -0.2) is 16.1 Å². The third kappa shape index (κ3) is 3.45. The molecule has 1 aromatic heterocycles. The van der Waals surface area contributed by atoms with Crippen LogP contribution in [0, 0.1) is 0 Å². The van der Waals surface area contributed by atoms with Gasteiger partial charge < -0.3 is 5.73 Å². The standard InChI is InChI=1S/C12H18N2OS2/c1-8(11(13)15)16-6-10-7-17-12(14-10)9-4-2-3-5-9/h7-9H,2-6H2,1H3,(H2,13,15)/t8-/m0/s1. The molecule has 0 spiro atoms. The van der Waals surface area contributed by atoms with Gasteiger partial charge in [0.25, 0.3) is 0 Å². The van der Waals surface area contributed by atoms with Gasteiger partial charge in [-0.05, 0) is 19.8 Å². The first-order chi connectivity index (χ1) is 8.16. The van der Waals surface area contributed by atoms with Crippen LogP contribution in [0.4, 0.5) is 0 Å². The first-order valence-electron chi connectivity index (χ1n) is 6.02. The van der Waals surface area contributed by atoms with Gasteiger partial charge in [-0.25, -0.2) is 4.98 Å². The van der Waals surface area contributed by atoms with Gasteiger partial charge in [-0.15, -0.1) is 23.1 Å². The molecule has 94 valence electrons. The van der Waals surface area contributed by atoms with E-state index in [9.17, 15) is 4.79 Å². The predicted molar refractivity (Wildman–Crippen MR) is 73.3 cm³/mol. The topological polar surface area (TPSA) is 56.0 Å². The number of carbonyl (C=O) groups excluding carboxylic acids is 1. The van der Waals surface area contributed by atoms with Crippen molar-refractivity contribution >= 4 is 29.0 Å². The number of nitrogens with zero attached hydrogens (tertiary/aromatic N) is 1. The lowest BCUT2D eigenvalue weighted by atomic mass is 10.1. The van der Waals surface area contributed by atoms with Gasteiger partial charge in [-0.3, -0.25) is 4.79 Å². The normalized spacial score (nSPS) is 18.4. The van der Waals surface area contributed by atoms with Crippen LogP contribution in [0.1, 0.15) is 49.2 Å². The molecule has 0 bridgehead atoms. The Kier molecular flexibility index (Phi) is 4.45. The number of primary amides is 1. The highest BCUT2D eigenvalue weighted by Crippen LogP contribution is 2.36. The predicted octanol–water partition coefficient (Wildman–Crippen LogP) is 2.91. The largest absolute Gasteiger partial charge is 0.369 e. The molecule has 1 saturated carbocycles. The second kappa shape index (κ2) is 5.87. The Morgan fingerprint density at radius 1 is 1.65 bits per heavy atom. The number of amides is 1. The molecule has 0 unspecified atom stereocenters. The van der Waals surface area contributed by atoms with Crippen molar-refractivity contribution in [2.75, 3.05) is 0 Å². The monoisotopic (exact) mass is 270 g/mol. The number of rotatable bonds is 5. The molecule has 0 aliphatic heterocycles. The molecular weight excluding hydrogens is 252 g/mol. The minimum Gasteiger partial charge on any atom is -0.369 e. The zero-order valence-electron chi connectivity index (χ0n) is 10.0. The van der Waals surface area contributed by atoms with Crippen molar-refractivity contribution in [1.29, 1.82) is 0 Å². The van der Waals surface area contributed by atoms with Crippen LogP contribution >= 0.6 is 23.1 Å². The van der Waals surface area contributed by atoms with Crippen molar-refractivity contribution in [3.8, 4) is 0 Å². The van der Waals surface area contributed by atoms with Crippen LogP contribution in [0.15, 0.2) is 5.38 Å². The average Bonchev–Trinajstić information content (AvgIpc) is 2.95. The van der Waals surface area contributed by atoms with Gasteiger partial charge >= 0.3 is 0 Å². The SMILES string of the molecule is C[C@H](SCc1csc(C2CCCC2)n1)C(N)=O. The zero-order valence-corrected chi connectivity index (χ0v) is 11.6. The van der Waals surface area contributed by atoms with Crippen molar-refractivity contribution in [2.24, 2.45) is 5.73 Å². The maximum absolute atomic E-state index is 10.9. The van der Waals surface area contributed by atoms with Crippen molar-refractivity contribution in [3.05, 3.63) is 16.1 Å². The fraction of sp³-hybridized carbons (Fsp3) is 0.667. The molecule has 1 aliphatic rings. The molecule has 2 N–H and O–H groups in total. The van der Waals surface area contributed by atoms with Gasteiger partial charge in [-0.2, -0.15) is 0 Å². The van der Waals surface area contributed by atoms with E-state index in [1.54, 1.807) is 23.1 Å². The molecule has 2 rings (SSSR count). The summed E-state index contributed by atoms with van der Waals surface area (Å²) >= 11 is 3.33. The quantitative estimate of drug-likeness (QED) is 0.895. The van der Waals surface area contributed by atoms with Gasteiger partial charge in [0, 0.05) is 17.1 Å². The molecule has 1 fully saturated rings. The lowest BCUT2D eigenvalue weighted by Crippen LogP contribution is -2.22. The molecule has 3 nitrogen and oxygen atoms in total. The first-order valence-corrected chi connectivity index (χ1v) is 7.95. The van der Waals surface area contributed by atoms with E-state index in [1.807, 2.05) is 6.92 Å². The highest BCUT2D eigenvalue weighted by atomic mass is 32.2. The second-order valence-electron chi connectivity index (χ2n) is 4.51. The maximum Gasteiger partial charge on any atom is 0.230 e. The lowest BCUT2D eigenvalue weighted by Gasteiger charge is -2.05. The van der Waals surface area contributed by atoms with Gasteiger partial charge in [0.15, 0.2) is 0 Å². The van der Waals surface area contributed by atoms with Gasteiger partial charge in [0.2, 0.25) is 5.91 Å². The van der Waals surface area contributed by atoms with Crippen molar-refractivity contribution in [3.63, 3.8) is 0 Å². The van der Waals surface area contributed by atoms with Gasteiger partial charge in [0.05, 0.1) is 16.0 Å². The summed E-state index contributed by atoms with van der Waals surface area (Å²) in [6.07, 6.45) is 5.26. The number of carbonyl (C=O) groups is 1. The van der Waals surface area contributed by atoms with Crippen LogP contribution in [-0.2, 0) is 10.5 Å². The van der Waals surface area contributed by atoms with E-state index in [0.29, 0.717) is 5.92 Å². The molecular formula is C12H18N2OS2. The number of thiazole rings is 1. The minimum atomic E-state index is -0.249. The zero-order chi connectivity index (χ0) is 12.3. The summed E-state index contributed by atoms with van der Waals surface area (Å²) in [6, 6.07) is 0. The summed E-state index contributed by atoms with van der Waals surface area (Å²) in [4.78, 5) is 15.6. The number of hydrogen-bond acceptors (Lipinski definition) is 4. The summed E-state index contributed by atoms with van der Waals surface area (Å²) in [6.45, 7) is 1.84. The Bertz CT molecular complexity index is 386. The Morgan fingerprint density at radius 2 is 2.35 bits per heavy atom. The number of nitrogens with two attached hydrogens (primary N) is 1. The third-order valence-corrected chi connectivity index (χ3v) is 5.41. The molecule has 0 saturated heterocycles. The molecule has 0 aromatic carbocycles. The van der Waals surface area contributed by atoms with Crippen LogP contribution in [0.25, 0.3) is 0 Å². The Hall–Kier alpha value is -0.550. The third-order valence-electron chi connectivity index (χ3n) is 3.16. The highest BCUT2D eigenvalue weighted by Gasteiger charge is 2.20. The summed E-state index contributed by atoms with van der Waals surface area (Å²) in [5, 5.41) is 3.27. The second-order valence-corrected chi connectivity index (χ2v) is 6.73. The molecule has 17 heavy (non-hydrogen) atoms. The molecule has 0 radical (unpaired) electrons. The van der Waals surface area contributed by atoms with Gasteiger partial charge in [-0.1, -0.05) is 12.8 Å². The van der Waals surface area contributed by atoms with Crippen LogP contribution in [0.5, 0.6) is 0 Å². The van der Waals surface area contributed by atoms with E-state index in [2.05, 4.69) is 10.4 Å². The summed E-state index contributed by atoms with van der Waals surface area (Å²) in [5.41, 5.74) is 6.32. The Balaban J connectivity index is 1.87. The molecule has 1 aromatic rings. The van der Waals surface area contributed by atoms with Crippen molar-refractivity contribution in [1.82, 2.24) is 4.98 Å². The number of aromatic nitrogens is 1. The van der Waals surface area contributed by atoms with E-state index in [4.69, 9.17) is 5.73 Å². The summed E-state index contributed by atoms with van der Waals surface area (Å²) in [5.74, 6) is 1.22. The molecule has 1 aliphatic carbocycles. The molecule has 5 heteroatoms. The van der Waals surface area contributed by atoms with E-state index in [-0.39, 0.29) is 11.2 Å². The van der Waals surface area contributed by atoms with E-state index in [1.165, 1.54) is 30.7 Å². The first kappa shape index (κ1) is 12.9. The summed E-state index contributed by atoms with van der Waals surface area (Å²) < 4.78 is 0. The minimum absolute atomic E-state index is 0.133. The summed E-state index contributed by atoms with van der Waals surface area (Å²) in [7, 11) is 0. The lowest BCUT2D eigenvalue weighted by molar-refractivity contribution is -0.117. The Morgan fingerprint density at radius 3 is 3.00 bits per heavy atom. The smallest absolute Gasteiger partial charge is 0.230 e. The Labute approximate surface area is 110 Å². The average molecular weight is 270 g/mol. The number of thioether (sulfide) groups is 1. The number of hydrogen-bond donors (Lipinski definition) is 1. The van der Waals surface area contributed by atoms with Crippen LogP contribution < -0.4 is 5.73 Å². The van der Waals surface area contributed by atoms with Crippen molar-refractivity contribution in [2.45, 2.75) is 49.5 Å². The van der Waals surface area contributed by atoms with Gasteiger partial charge in [0.1, 0.15) is 0 Å². The highest BCUT2D eigenvalue weighted by molar-refractivity contribution is 7.99.